The number of anilines is 2. The van der Waals surface area contributed by atoms with Crippen LogP contribution in [0.3, 0.4) is 0 Å². The highest BCUT2D eigenvalue weighted by atomic mass is 28.4. The number of urea groups is 2. The van der Waals surface area contributed by atoms with Crippen LogP contribution in [0, 0.1) is 6.92 Å². The van der Waals surface area contributed by atoms with Crippen molar-refractivity contribution in [2.24, 2.45) is 0 Å². The Kier molecular flexibility index (Phi) is 8.83. The molecular weight excluding hydrogens is 364 g/mol. The van der Waals surface area contributed by atoms with Gasteiger partial charge in [0.15, 0.2) is 17.4 Å². The predicted octanol–water partition coefficient (Wildman–Crippen LogP) is 3.73. The summed E-state index contributed by atoms with van der Waals surface area (Å²) in [6.45, 7) is 11.2. The van der Waals surface area contributed by atoms with E-state index < -0.39 is 17.4 Å². The summed E-state index contributed by atoms with van der Waals surface area (Å²) in [4.78, 5) is 23.5. The Balaban J connectivity index is 2.46. The SMILES string of the molecule is CNC(=O)Nc1cc(NC(=O)NCCC[Si](C)(C)O[Si](C)C)ccc1C. The Morgan fingerprint density at radius 2 is 1.85 bits per heavy atom. The maximum atomic E-state index is 12.1. The fourth-order valence-electron chi connectivity index (χ4n) is 2.51. The van der Waals surface area contributed by atoms with Gasteiger partial charge in [0.25, 0.3) is 0 Å². The molecule has 0 bridgehead atoms. The van der Waals surface area contributed by atoms with Gasteiger partial charge in [-0.15, -0.1) is 0 Å². The molecule has 9 heteroatoms. The van der Waals surface area contributed by atoms with E-state index in [-0.39, 0.29) is 12.1 Å². The molecule has 0 saturated heterocycles. The van der Waals surface area contributed by atoms with Crippen LogP contribution in [-0.4, -0.2) is 43.0 Å². The van der Waals surface area contributed by atoms with Crippen molar-refractivity contribution in [3.05, 3.63) is 23.8 Å². The molecule has 0 spiro atoms. The molecule has 1 rings (SSSR count). The fourth-order valence-corrected chi connectivity index (χ4v) is 8.37. The normalized spacial score (nSPS) is 11.2. The second-order valence-corrected chi connectivity index (χ2v) is 13.6. The maximum absolute atomic E-state index is 12.1. The Labute approximate surface area is 159 Å². The van der Waals surface area contributed by atoms with Crippen LogP contribution in [-0.2, 0) is 4.12 Å². The largest absolute Gasteiger partial charge is 0.456 e. The highest BCUT2D eigenvalue weighted by Crippen LogP contribution is 2.20. The number of benzene rings is 1. The Hall–Kier alpha value is -1.85. The van der Waals surface area contributed by atoms with Crippen molar-refractivity contribution in [1.29, 1.82) is 0 Å². The molecule has 0 unspecified atom stereocenters. The van der Waals surface area contributed by atoms with Gasteiger partial charge < -0.3 is 25.4 Å². The minimum Gasteiger partial charge on any atom is -0.456 e. The van der Waals surface area contributed by atoms with E-state index >= 15 is 0 Å². The van der Waals surface area contributed by atoms with E-state index in [1.54, 1.807) is 19.2 Å². The molecule has 0 aromatic heterocycles. The Bertz CT molecular complexity index is 624. The average Bonchev–Trinajstić information content (AvgIpc) is 2.53. The summed E-state index contributed by atoms with van der Waals surface area (Å²) < 4.78 is 6.08. The number of aryl methyl sites for hydroxylation is 1. The van der Waals surface area contributed by atoms with Gasteiger partial charge in [-0.3, -0.25) is 0 Å². The smallest absolute Gasteiger partial charge is 0.319 e. The monoisotopic (exact) mass is 395 g/mol. The lowest BCUT2D eigenvalue weighted by molar-refractivity contribution is 0.252. The Morgan fingerprint density at radius 3 is 2.46 bits per heavy atom. The van der Waals surface area contributed by atoms with Crippen LogP contribution >= 0.6 is 0 Å². The first-order valence-electron chi connectivity index (χ1n) is 8.76. The molecule has 7 nitrogen and oxygen atoms in total. The van der Waals surface area contributed by atoms with Crippen LogP contribution in [0.4, 0.5) is 21.0 Å². The second-order valence-electron chi connectivity index (χ2n) is 6.99. The van der Waals surface area contributed by atoms with Gasteiger partial charge in [0.1, 0.15) is 0 Å². The topological polar surface area (TPSA) is 91.5 Å². The van der Waals surface area contributed by atoms with Gasteiger partial charge in [-0.1, -0.05) is 6.07 Å². The molecule has 0 aliphatic heterocycles. The summed E-state index contributed by atoms with van der Waals surface area (Å²) in [5, 5.41) is 10.9. The van der Waals surface area contributed by atoms with Gasteiger partial charge in [-0.2, -0.15) is 0 Å². The molecule has 0 aliphatic rings. The summed E-state index contributed by atoms with van der Waals surface area (Å²) in [5.74, 6) is 0. The van der Waals surface area contributed by atoms with E-state index in [2.05, 4.69) is 47.5 Å². The highest BCUT2D eigenvalue weighted by Gasteiger charge is 2.23. The number of hydrogen-bond acceptors (Lipinski definition) is 3. The Morgan fingerprint density at radius 1 is 1.15 bits per heavy atom. The van der Waals surface area contributed by atoms with Crippen molar-refractivity contribution < 1.29 is 13.7 Å². The number of carbonyl (C=O) groups excluding carboxylic acids is 2. The first-order chi connectivity index (χ1) is 12.1. The van der Waals surface area contributed by atoms with Crippen LogP contribution in [0.25, 0.3) is 0 Å². The van der Waals surface area contributed by atoms with Crippen LogP contribution in [0.15, 0.2) is 18.2 Å². The van der Waals surface area contributed by atoms with E-state index in [4.69, 9.17) is 4.12 Å². The van der Waals surface area contributed by atoms with Gasteiger partial charge in [-0.25, -0.2) is 9.59 Å². The standard InChI is InChI=1S/C17H31N4O3Si2/c1-13-8-9-14(12-15(13)21-16(22)18-2)20-17(23)19-10-7-11-26(5,6)24-25(3)4/h8-9,12H,7,10-11H2,1-6H3,(H2,18,21,22)(H2,19,20,23). The van der Waals surface area contributed by atoms with Gasteiger partial charge in [0, 0.05) is 25.0 Å². The minimum atomic E-state index is -1.62. The zero-order valence-electron chi connectivity index (χ0n) is 16.6. The van der Waals surface area contributed by atoms with Gasteiger partial charge >= 0.3 is 12.1 Å². The summed E-state index contributed by atoms with van der Waals surface area (Å²) in [6.07, 6.45) is 0.902. The number of hydrogen-bond donors (Lipinski definition) is 4. The van der Waals surface area contributed by atoms with Crippen molar-refractivity contribution in [3.63, 3.8) is 0 Å². The van der Waals surface area contributed by atoms with E-state index in [0.717, 1.165) is 18.0 Å². The molecule has 0 heterocycles. The zero-order valence-corrected chi connectivity index (χ0v) is 18.6. The van der Waals surface area contributed by atoms with Crippen molar-refractivity contribution in [2.45, 2.75) is 45.6 Å². The van der Waals surface area contributed by atoms with Crippen molar-refractivity contribution >= 4 is 40.8 Å². The summed E-state index contributed by atoms with van der Waals surface area (Å²) in [7, 11) is -0.740. The molecule has 1 radical (unpaired) electrons. The first-order valence-corrected chi connectivity index (χ1v) is 14.3. The van der Waals surface area contributed by atoms with Crippen LogP contribution in [0.2, 0.25) is 32.2 Å². The van der Waals surface area contributed by atoms with Gasteiger partial charge in [0.2, 0.25) is 0 Å². The molecule has 0 saturated carbocycles. The molecule has 1 aromatic rings. The molecule has 1 aromatic carbocycles. The molecule has 0 fully saturated rings. The number of amides is 4. The molecule has 0 aliphatic carbocycles. The lowest BCUT2D eigenvalue weighted by Gasteiger charge is -2.25. The van der Waals surface area contributed by atoms with Crippen molar-refractivity contribution in [2.75, 3.05) is 24.2 Å². The zero-order chi connectivity index (χ0) is 19.7. The lowest BCUT2D eigenvalue weighted by Crippen LogP contribution is -2.36. The molecule has 4 amide bonds. The maximum Gasteiger partial charge on any atom is 0.319 e. The summed E-state index contributed by atoms with van der Waals surface area (Å²) in [6, 6.07) is 5.86. The molecular formula is C17H31N4O3Si2. The molecule has 4 N–H and O–H groups in total. The molecule has 26 heavy (non-hydrogen) atoms. The first kappa shape index (κ1) is 22.2. The fraction of sp³-hybridized carbons (Fsp3) is 0.529. The summed E-state index contributed by atoms with van der Waals surface area (Å²) >= 11 is 0. The number of nitrogens with one attached hydrogen (secondary N) is 4. The van der Waals surface area contributed by atoms with E-state index in [9.17, 15) is 9.59 Å². The second kappa shape index (κ2) is 10.3. The lowest BCUT2D eigenvalue weighted by atomic mass is 10.2. The molecule has 145 valence electrons. The van der Waals surface area contributed by atoms with Crippen LogP contribution < -0.4 is 21.3 Å². The van der Waals surface area contributed by atoms with E-state index in [0.29, 0.717) is 17.9 Å². The van der Waals surface area contributed by atoms with E-state index in [1.165, 1.54) is 0 Å². The third kappa shape index (κ3) is 8.50. The number of rotatable bonds is 8. The average molecular weight is 396 g/mol. The molecule has 0 atom stereocenters. The summed E-state index contributed by atoms with van der Waals surface area (Å²) in [5.41, 5.74) is 2.20. The van der Waals surface area contributed by atoms with Crippen molar-refractivity contribution in [3.8, 4) is 0 Å². The quantitative estimate of drug-likeness (QED) is 0.399. The van der Waals surface area contributed by atoms with Crippen LogP contribution in [0.5, 0.6) is 0 Å². The minimum absolute atomic E-state index is 0.254. The van der Waals surface area contributed by atoms with Crippen LogP contribution in [0.1, 0.15) is 12.0 Å². The number of carbonyl (C=O) groups is 2. The van der Waals surface area contributed by atoms with E-state index in [1.807, 2.05) is 13.0 Å². The van der Waals surface area contributed by atoms with Crippen molar-refractivity contribution in [1.82, 2.24) is 10.6 Å². The highest BCUT2D eigenvalue weighted by molar-refractivity contribution is 6.77. The third-order valence-corrected chi connectivity index (χ3v) is 9.09. The predicted molar refractivity (Wildman–Crippen MR) is 112 cm³/mol. The third-order valence-electron chi connectivity index (χ3n) is 3.69. The van der Waals surface area contributed by atoms with Gasteiger partial charge in [0.05, 0.1) is 0 Å². The van der Waals surface area contributed by atoms with Gasteiger partial charge in [-0.05, 0) is 63.3 Å².